The van der Waals surface area contributed by atoms with Crippen molar-refractivity contribution in [3.63, 3.8) is 0 Å². The van der Waals surface area contributed by atoms with Gasteiger partial charge in [0.25, 0.3) is 5.56 Å². The van der Waals surface area contributed by atoms with Gasteiger partial charge in [0.1, 0.15) is 18.1 Å². The van der Waals surface area contributed by atoms with Gasteiger partial charge in [-0.05, 0) is 43.3 Å². The maximum absolute atomic E-state index is 14.3. The van der Waals surface area contributed by atoms with Crippen molar-refractivity contribution in [3.8, 4) is 11.3 Å². The summed E-state index contributed by atoms with van der Waals surface area (Å²) in [6.07, 6.45) is 1.65. The number of aromatic nitrogens is 4. The van der Waals surface area contributed by atoms with Crippen molar-refractivity contribution in [1.29, 1.82) is 0 Å². The number of benzene rings is 2. The van der Waals surface area contributed by atoms with E-state index < -0.39 is 11.8 Å². The summed E-state index contributed by atoms with van der Waals surface area (Å²) in [4.78, 5) is 29.0. The molecule has 5 aromatic rings. The molecule has 7 nitrogen and oxygen atoms in total. The molecule has 164 valence electrons. The lowest BCUT2D eigenvalue weighted by molar-refractivity contribution is -0.137. The van der Waals surface area contributed by atoms with Gasteiger partial charge in [0, 0.05) is 33.7 Å². The Balaban J connectivity index is 1.85. The van der Waals surface area contributed by atoms with Gasteiger partial charge < -0.3 is 9.67 Å². The van der Waals surface area contributed by atoms with E-state index in [4.69, 9.17) is 0 Å². The van der Waals surface area contributed by atoms with Gasteiger partial charge in [0.15, 0.2) is 0 Å². The molecule has 0 spiro atoms. The monoisotopic (exact) mass is 442 g/mol. The minimum Gasteiger partial charge on any atom is -0.480 e. The molecule has 3 heterocycles. The number of nitrogens with zero attached hydrogens (tertiary/aromatic N) is 4. The van der Waals surface area contributed by atoms with E-state index >= 15 is 0 Å². The first kappa shape index (κ1) is 20.6. The highest BCUT2D eigenvalue weighted by Gasteiger charge is 2.22. The number of hydrogen-bond donors (Lipinski definition) is 1. The fourth-order valence-electron chi connectivity index (χ4n) is 4.26. The second-order valence-electron chi connectivity index (χ2n) is 7.78. The summed E-state index contributed by atoms with van der Waals surface area (Å²) in [6.45, 7) is 1.67. The van der Waals surface area contributed by atoms with Gasteiger partial charge in [-0.3, -0.25) is 14.6 Å². The minimum absolute atomic E-state index is 0.165. The topological polar surface area (TPSA) is 90.0 Å². The molecule has 0 amide bonds. The molecule has 3 aromatic heterocycles. The van der Waals surface area contributed by atoms with Crippen LogP contribution >= 0.6 is 0 Å². The third kappa shape index (κ3) is 3.55. The van der Waals surface area contributed by atoms with Crippen LogP contribution in [0.1, 0.15) is 11.4 Å². The SMILES string of the molecule is Cc1c(-c2nn(Cc3ccccn3)c(=O)c3ccccc23)c2cc(F)ccc2n1CC(=O)O. The minimum atomic E-state index is -1.01. The molecule has 0 atom stereocenters. The third-order valence-corrected chi connectivity index (χ3v) is 5.72. The highest BCUT2D eigenvalue weighted by molar-refractivity contribution is 6.05. The van der Waals surface area contributed by atoms with Crippen LogP contribution in [0.3, 0.4) is 0 Å². The summed E-state index contributed by atoms with van der Waals surface area (Å²) in [6, 6.07) is 16.8. The van der Waals surface area contributed by atoms with Crippen LogP contribution in [-0.4, -0.2) is 30.4 Å². The maximum Gasteiger partial charge on any atom is 0.323 e. The standard InChI is InChI=1S/C25H19FN4O3/c1-15-23(20-12-16(26)9-10-21(20)29(15)14-22(31)32)24-18-7-2-3-8-19(18)25(33)30(28-24)13-17-6-4-5-11-27-17/h2-12H,13-14H2,1H3,(H,31,32). The van der Waals surface area contributed by atoms with Crippen molar-refractivity contribution in [2.45, 2.75) is 20.0 Å². The lowest BCUT2D eigenvalue weighted by Gasteiger charge is -2.12. The Labute approximate surface area is 187 Å². The average molecular weight is 442 g/mol. The Morgan fingerprint density at radius 2 is 1.79 bits per heavy atom. The summed E-state index contributed by atoms with van der Waals surface area (Å²) in [7, 11) is 0. The summed E-state index contributed by atoms with van der Waals surface area (Å²) in [5.41, 5.74) is 2.69. The van der Waals surface area contributed by atoms with Crippen molar-refractivity contribution in [1.82, 2.24) is 19.3 Å². The highest BCUT2D eigenvalue weighted by Crippen LogP contribution is 2.36. The molecule has 0 aliphatic heterocycles. The summed E-state index contributed by atoms with van der Waals surface area (Å²) in [5, 5.41) is 15.7. The van der Waals surface area contributed by atoms with Crippen molar-refractivity contribution >= 4 is 27.6 Å². The molecule has 0 unspecified atom stereocenters. The van der Waals surface area contributed by atoms with E-state index in [0.29, 0.717) is 44.3 Å². The van der Waals surface area contributed by atoms with Gasteiger partial charge in [-0.1, -0.05) is 24.3 Å². The number of rotatable bonds is 5. The van der Waals surface area contributed by atoms with Gasteiger partial charge in [-0.2, -0.15) is 5.10 Å². The first-order valence-electron chi connectivity index (χ1n) is 10.3. The Morgan fingerprint density at radius 1 is 1.03 bits per heavy atom. The van der Waals surface area contributed by atoms with Crippen LogP contribution in [0.4, 0.5) is 4.39 Å². The fourth-order valence-corrected chi connectivity index (χ4v) is 4.26. The molecule has 0 radical (unpaired) electrons. The molecule has 5 rings (SSSR count). The molecule has 0 aliphatic carbocycles. The van der Waals surface area contributed by atoms with Crippen molar-refractivity contribution in [2.75, 3.05) is 0 Å². The van der Waals surface area contributed by atoms with E-state index in [1.54, 1.807) is 48.0 Å². The number of hydrogen-bond acceptors (Lipinski definition) is 4. The van der Waals surface area contributed by atoms with Crippen LogP contribution in [0.25, 0.3) is 32.9 Å². The Morgan fingerprint density at radius 3 is 2.52 bits per heavy atom. The van der Waals surface area contributed by atoms with Gasteiger partial charge >= 0.3 is 5.97 Å². The Bertz CT molecular complexity index is 1590. The average Bonchev–Trinajstić information content (AvgIpc) is 3.06. The number of carboxylic acids is 1. The molecular weight excluding hydrogens is 423 g/mol. The van der Waals surface area contributed by atoms with Crippen LogP contribution in [0, 0.1) is 12.7 Å². The third-order valence-electron chi connectivity index (χ3n) is 5.72. The molecule has 0 saturated heterocycles. The van der Waals surface area contributed by atoms with E-state index in [0.717, 1.165) is 0 Å². The molecule has 33 heavy (non-hydrogen) atoms. The first-order chi connectivity index (χ1) is 15.9. The second kappa shape index (κ2) is 7.98. The predicted molar refractivity (Wildman–Crippen MR) is 123 cm³/mol. The zero-order chi connectivity index (χ0) is 23.1. The van der Waals surface area contributed by atoms with E-state index in [1.165, 1.54) is 16.8 Å². The van der Waals surface area contributed by atoms with Crippen molar-refractivity contribution < 1.29 is 14.3 Å². The van der Waals surface area contributed by atoms with E-state index in [1.807, 2.05) is 18.2 Å². The molecule has 8 heteroatoms. The van der Waals surface area contributed by atoms with E-state index in [-0.39, 0.29) is 18.6 Å². The Hall–Kier alpha value is -4.33. The first-order valence-corrected chi connectivity index (χ1v) is 10.3. The number of carboxylic acid groups (broad SMARTS) is 1. The molecular formula is C25H19FN4O3. The zero-order valence-corrected chi connectivity index (χ0v) is 17.7. The van der Waals surface area contributed by atoms with Crippen LogP contribution < -0.4 is 5.56 Å². The van der Waals surface area contributed by atoms with Gasteiger partial charge in [0.2, 0.25) is 0 Å². The van der Waals surface area contributed by atoms with E-state index in [9.17, 15) is 19.1 Å². The molecule has 0 bridgehead atoms. The second-order valence-corrected chi connectivity index (χ2v) is 7.78. The van der Waals surface area contributed by atoms with Crippen molar-refractivity contribution in [3.05, 3.63) is 94.4 Å². The number of pyridine rings is 1. The van der Waals surface area contributed by atoms with Gasteiger partial charge in [-0.25, -0.2) is 9.07 Å². The Kier molecular flexibility index (Phi) is 4.97. The lowest BCUT2D eigenvalue weighted by Crippen LogP contribution is -2.25. The molecule has 0 saturated carbocycles. The number of carbonyl (C=O) groups is 1. The molecule has 1 N–H and O–H groups in total. The molecule has 0 aliphatic rings. The lowest BCUT2D eigenvalue weighted by atomic mass is 10.0. The summed E-state index contributed by atoms with van der Waals surface area (Å²) >= 11 is 0. The fraction of sp³-hybridized carbons (Fsp3) is 0.120. The normalized spacial score (nSPS) is 11.3. The quantitative estimate of drug-likeness (QED) is 0.445. The predicted octanol–water partition coefficient (Wildman–Crippen LogP) is 3.99. The van der Waals surface area contributed by atoms with Crippen LogP contribution in [0.2, 0.25) is 0 Å². The van der Waals surface area contributed by atoms with Crippen LogP contribution in [-0.2, 0) is 17.9 Å². The number of fused-ring (bicyclic) bond motifs is 2. The highest BCUT2D eigenvalue weighted by atomic mass is 19.1. The summed E-state index contributed by atoms with van der Waals surface area (Å²) in [5.74, 6) is -1.45. The van der Waals surface area contributed by atoms with Crippen LogP contribution in [0.5, 0.6) is 0 Å². The molecule has 2 aromatic carbocycles. The number of aliphatic carboxylic acids is 1. The summed E-state index contributed by atoms with van der Waals surface area (Å²) < 4.78 is 17.2. The number of halogens is 1. The largest absolute Gasteiger partial charge is 0.480 e. The maximum atomic E-state index is 14.3. The smallest absolute Gasteiger partial charge is 0.323 e. The molecule has 0 fully saturated rings. The van der Waals surface area contributed by atoms with Crippen LogP contribution in [0.15, 0.2) is 71.7 Å². The van der Waals surface area contributed by atoms with Gasteiger partial charge in [0.05, 0.1) is 17.6 Å². The van der Waals surface area contributed by atoms with Crippen molar-refractivity contribution in [2.24, 2.45) is 0 Å². The van der Waals surface area contributed by atoms with Gasteiger partial charge in [-0.15, -0.1) is 0 Å². The van der Waals surface area contributed by atoms with E-state index in [2.05, 4.69) is 10.1 Å². The zero-order valence-electron chi connectivity index (χ0n) is 17.7.